The first-order valence-electron chi connectivity index (χ1n) is 7.94. The highest BCUT2D eigenvalue weighted by atomic mass is 35.5. The monoisotopic (exact) mass is 345 g/mol. The van der Waals surface area contributed by atoms with Crippen LogP contribution in [0.4, 0.5) is 5.69 Å². The number of methoxy groups -OCH3 is 1. The Balaban J connectivity index is 1.93. The number of ether oxygens (including phenoxy) is 2. The molecule has 0 aromatic heterocycles. The van der Waals surface area contributed by atoms with Gasteiger partial charge in [0.15, 0.2) is 0 Å². The van der Waals surface area contributed by atoms with Crippen LogP contribution in [0.5, 0.6) is 5.75 Å². The van der Waals surface area contributed by atoms with Gasteiger partial charge in [-0.05, 0) is 42.7 Å². The van der Waals surface area contributed by atoms with Gasteiger partial charge in [0.05, 0.1) is 18.2 Å². The average Bonchev–Trinajstić information content (AvgIpc) is 2.63. The van der Waals surface area contributed by atoms with Crippen molar-refractivity contribution in [3.63, 3.8) is 0 Å². The number of rotatable bonds is 4. The zero-order chi connectivity index (χ0) is 17.0. The molecule has 0 saturated carbocycles. The number of carbonyl (C=O) groups is 1. The van der Waals surface area contributed by atoms with E-state index in [1.165, 1.54) is 0 Å². The first-order chi connectivity index (χ1) is 11.7. The Morgan fingerprint density at radius 2 is 1.79 bits per heavy atom. The largest absolute Gasteiger partial charge is 0.495 e. The Bertz CT molecular complexity index is 709. The molecule has 1 aliphatic heterocycles. The summed E-state index contributed by atoms with van der Waals surface area (Å²) in [4.78, 5) is 13.2. The molecule has 2 aromatic carbocycles. The molecule has 5 heteroatoms. The number of halogens is 1. The minimum absolute atomic E-state index is 0.0439. The predicted molar refractivity (Wildman–Crippen MR) is 94.8 cm³/mol. The molecule has 0 radical (unpaired) electrons. The zero-order valence-corrected chi connectivity index (χ0v) is 14.3. The third-order valence-corrected chi connectivity index (χ3v) is 4.78. The molecule has 0 atom stereocenters. The van der Waals surface area contributed by atoms with E-state index < -0.39 is 5.41 Å². The number of amides is 1. The molecule has 1 heterocycles. The number of anilines is 1. The standard InChI is InChI=1S/C19H20ClNO3/c1-23-17-5-3-2-4-16(17)21-18(22)19(10-12-24-13-11-19)14-6-8-15(20)9-7-14/h2-9H,10-13H2,1H3,(H,21,22). The number of hydrogen-bond donors (Lipinski definition) is 1. The minimum Gasteiger partial charge on any atom is -0.495 e. The molecular formula is C19H20ClNO3. The molecule has 24 heavy (non-hydrogen) atoms. The van der Waals surface area contributed by atoms with Crippen molar-refractivity contribution in [1.29, 1.82) is 0 Å². The van der Waals surface area contributed by atoms with Crippen LogP contribution in [0.25, 0.3) is 0 Å². The molecule has 0 bridgehead atoms. The molecular weight excluding hydrogens is 326 g/mol. The second kappa shape index (κ2) is 7.24. The van der Waals surface area contributed by atoms with E-state index in [1.54, 1.807) is 7.11 Å². The van der Waals surface area contributed by atoms with Gasteiger partial charge in [-0.25, -0.2) is 0 Å². The SMILES string of the molecule is COc1ccccc1NC(=O)C1(c2ccc(Cl)cc2)CCOCC1. The molecule has 3 rings (SSSR count). The molecule has 1 fully saturated rings. The van der Waals surface area contributed by atoms with Crippen LogP contribution in [-0.2, 0) is 14.9 Å². The van der Waals surface area contributed by atoms with E-state index in [-0.39, 0.29) is 5.91 Å². The summed E-state index contributed by atoms with van der Waals surface area (Å²) in [5, 5.41) is 3.69. The van der Waals surface area contributed by atoms with Gasteiger partial charge in [0.2, 0.25) is 5.91 Å². The van der Waals surface area contributed by atoms with Crippen molar-refractivity contribution < 1.29 is 14.3 Å². The van der Waals surface area contributed by atoms with E-state index >= 15 is 0 Å². The first-order valence-corrected chi connectivity index (χ1v) is 8.32. The molecule has 1 amide bonds. The number of hydrogen-bond acceptors (Lipinski definition) is 3. The maximum absolute atomic E-state index is 13.2. The van der Waals surface area contributed by atoms with Crippen LogP contribution in [0.15, 0.2) is 48.5 Å². The lowest BCUT2D eigenvalue weighted by atomic mass is 9.73. The topological polar surface area (TPSA) is 47.6 Å². The van der Waals surface area contributed by atoms with Gasteiger partial charge >= 0.3 is 0 Å². The van der Waals surface area contributed by atoms with E-state index in [4.69, 9.17) is 21.1 Å². The number of nitrogens with one attached hydrogen (secondary N) is 1. The summed E-state index contributed by atoms with van der Waals surface area (Å²) in [6.45, 7) is 1.12. The normalized spacial score (nSPS) is 16.4. The van der Waals surface area contributed by atoms with Crippen molar-refractivity contribution in [1.82, 2.24) is 0 Å². The van der Waals surface area contributed by atoms with E-state index in [0.717, 1.165) is 5.56 Å². The van der Waals surface area contributed by atoms with Crippen LogP contribution in [0.3, 0.4) is 0 Å². The summed E-state index contributed by atoms with van der Waals surface area (Å²) in [7, 11) is 1.59. The minimum atomic E-state index is -0.621. The summed E-state index contributed by atoms with van der Waals surface area (Å²) < 4.78 is 10.8. The second-order valence-electron chi connectivity index (χ2n) is 5.86. The van der Waals surface area contributed by atoms with Gasteiger partial charge in [-0.2, -0.15) is 0 Å². The van der Waals surface area contributed by atoms with E-state index in [2.05, 4.69) is 5.32 Å². The smallest absolute Gasteiger partial charge is 0.235 e. The molecule has 0 aliphatic carbocycles. The van der Waals surface area contributed by atoms with Crippen molar-refractivity contribution >= 4 is 23.2 Å². The highest BCUT2D eigenvalue weighted by molar-refractivity contribution is 6.30. The van der Waals surface area contributed by atoms with Gasteiger partial charge in [-0.3, -0.25) is 4.79 Å². The van der Waals surface area contributed by atoms with Crippen LogP contribution in [0, 0.1) is 0 Å². The summed E-state index contributed by atoms with van der Waals surface area (Å²) >= 11 is 6.00. The molecule has 1 saturated heterocycles. The lowest BCUT2D eigenvalue weighted by Crippen LogP contribution is -2.44. The van der Waals surface area contributed by atoms with E-state index in [9.17, 15) is 4.79 Å². The Morgan fingerprint density at radius 1 is 1.12 bits per heavy atom. The van der Waals surface area contributed by atoms with Crippen molar-refractivity contribution in [3.8, 4) is 5.75 Å². The predicted octanol–water partition coefficient (Wildman–Crippen LogP) is 4.04. The van der Waals surface area contributed by atoms with Crippen LogP contribution >= 0.6 is 11.6 Å². The zero-order valence-electron chi connectivity index (χ0n) is 13.5. The lowest BCUT2D eigenvalue weighted by molar-refractivity contribution is -0.125. The van der Waals surface area contributed by atoms with E-state index in [1.807, 2.05) is 48.5 Å². The summed E-state index contributed by atoms with van der Waals surface area (Å²) in [5.41, 5.74) is 1.01. The molecule has 0 spiro atoms. The maximum Gasteiger partial charge on any atom is 0.235 e. The van der Waals surface area contributed by atoms with Crippen molar-refractivity contribution in [2.45, 2.75) is 18.3 Å². The van der Waals surface area contributed by atoms with Gasteiger partial charge in [0, 0.05) is 18.2 Å². The lowest BCUT2D eigenvalue weighted by Gasteiger charge is -2.36. The van der Waals surface area contributed by atoms with Crippen LogP contribution in [-0.4, -0.2) is 26.2 Å². The molecule has 1 N–H and O–H groups in total. The third-order valence-electron chi connectivity index (χ3n) is 4.53. The van der Waals surface area contributed by atoms with Gasteiger partial charge in [-0.15, -0.1) is 0 Å². The summed E-state index contributed by atoms with van der Waals surface area (Å²) in [6, 6.07) is 14.9. The fraction of sp³-hybridized carbons (Fsp3) is 0.316. The highest BCUT2D eigenvalue weighted by Crippen LogP contribution is 2.37. The average molecular weight is 346 g/mol. The second-order valence-corrected chi connectivity index (χ2v) is 6.29. The quantitative estimate of drug-likeness (QED) is 0.909. The molecule has 1 aliphatic rings. The summed E-state index contributed by atoms with van der Waals surface area (Å²) in [6.07, 6.45) is 1.27. The first kappa shape index (κ1) is 16.8. The van der Waals surface area contributed by atoms with Crippen molar-refractivity contribution in [3.05, 3.63) is 59.1 Å². The maximum atomic E-state index is 13.2. The Hall–Kier alpha value is -2.04. The van der Waals surface area contributed by atoms with Crippen molar-refractivity contribution in [2.75, 3.05) is 25.6 Å². The van der Waals surface area contributed by atoms with Crippen LogP contribution in [0.1, 0.15) is 18.4 Å². The fourth-order valence-corrected chi connectivity index (χ4v) is 3.25. The molecule has 0 unspecified atom stereocenters. The van der Waals surface area contributed by atoms with Crippen LogP contribution in [0.2, 0.25) is 5.02 Å². The van der Waals surface area contributed by atoms with Crippen LogP contribution < -0.4 is 10.1 Å². The molecule has 2 aromatic rings. The van der Waals surface area contributed by atoms with Gasteiger partial charge in [-0.1, -0.05) is 35.9 Å². The number of carbonyl (C=O) groups excluding carboxylic acids is 1. The Morgan fingerprint density at radius 3 is 2.46 bits per heavy atom. The third kappa shape index (κ3) is 3.25. The van der Waals surface area contributed by atoms with Gasteiger partial charge < -0.3 is 14.8 Å². The summed E-state index contributed by atoms with van der Waals surface area (Å²) in [5.74, 6) is 0.599. The molecule has 126 valence electrons. The Labute approximate surface area is 146 Å². The highest BCUT2D eigenvalue weighted by Gasteiger charge is 2.41. The van der Waals surface area contributed by atoms with Crippen molar-refractivity contribution in [2.24, 2.45) is 0 Å². The van der Waals surface area contributed by atoms with Gasteiger partial charge in [0.25, 0.3) is 0 Å². The van der Waals surface area contributed by atoms with Gasteiger partial charge in [0.1, 0.15) is 5.75 Å². The number of benzene rings is 2. The fourth-order valence-electron chi connectivity index (χ4n) is 3.13. The number of para-hydroxylation sites is 2. The Kier molecular flexibility index (Phi) is 5.07. The molecule has 4 nitrogen and oxygen atoms in total. The van der Waals surface area contributed by atoms with E-state index in [0.29, 0.717) is 42.5 Å².